The lowest BCUT2D eigenvalue weighted by Crippen LogP contribution is -2.45. The minimum Gasteiger partial charge on any atom is -0.550 e. The highest BCUT2D eigenvalue weighted by Gasteiger charge is 2.51. The van der Waals surface area contributed by atoms with E-state index in [-0.39, 0.29) is 24.5 Å². The maximum Gasteiger partial charge on any atom is 0.231 e. The number of hydrogen-bond donors (Lipinski definition) is 1. The van der Waals surface area contributed by atoms with Crippen molar-refractivity contribution >= 4 is 11.9 Å². The molecule has 4 rings (SSSR count). The minimum absolute atomic E-state index is 0.103. The largest absolute Gasteiger partial charge is 0.550 e. The summed E-state index contributed by atoms with van der Waals surface area (Å²) in [6.45, 7) is 0.562. The molecule has 0 unspecified atom stereocenters. The van der Waals surface area contributed by atoms with Gasteiger partial charge in [0.1, 0.15) is 0 Å². The smallest absolute Gasteiger partial charge is 0.231 e. The SMILES string of the molecule is O=C(NCc1ccc2c(c1)OCO2)[C@@H]1[C@H]2CC[C@@H](C2)[C@@H]1C(=O)[O-]. The molecule has 122 valence electrons. The Balaban J connectivity index is 1.43. The molecule has 2 aliphatic carbocycles. The average Bonchev–Trinajstić information content (AvgIpc) is 3.25. The standard InChI is InChI=1S/C17H19NO5/c19-16(14-10-2-3-11(6-10)15(14)17(20)21)18-7-9-1-4-12-13(5-9)23-8-22-12/h1,4-5,10-11,14-15H,2-3,6-8H2,(H,18,19)(H,20,21)/p-1/t10-,11-,14+,15-/m0/s1. The van der Waals surface area contributed by atoms with E-state index in [0.29, 0.717) is 18.0 Å². The lowest BCUT2D eigenvalue weighted by molar-refractivity contribution is -0.314. The highest BCUT2D eigenvalue weighted by Crippen LogP contribution is 2.52. The number of hydrogen-bond acceptors (Lipinski definition) is 5. The topological polar surface area (TPSA) is 87.7 Å². The number of carbonyl (C=O) groups is 2. The molecule has 0 radical (unpaired) electrons. The Morgan fingerprint density at radius 2 is 1.87 bits per heavy atom. The summed E-state index contributed by atoms with van der Waals surface area (Å²) >= 11 is 0. The predicted octanol–water partition coefficient (Wildman–Crippen LogP) is 0.444. The van der Waals surface area contributed by atoms with Crippen LogP contribution in [0.5, 0.6) is 11.5 Å². The van der Waals surface area contributed by atoms with Gasteiger partial charge >= 0.3 is 0 Å². The number of benzene rings is 1. The lowest BCUT2D eigenvalue weighted by Gasteiger charge is -2.30. The van der Waals surface area contributed by atoms with E-state index in [2.05, 4.69) is 5.32 Å². The van der Waals surface area contributed by atoms with Gasteiger partial charge in [0.2, 0.25) is 12.7 Å². The zero-order chi connectivity index (χ0) is 16.0. The van der Waals surface area contributed by atoms with Crippen LogP contribution in [-0.2, 0) is 16.1 Å². The molecule has 1 heterocycles. The molecule has 0 spiro atoms. The van der Waals surface area contributed by atoms with E-state index < -0.39 is 17.8 Å². The van der Waals surface area contributed by atoms with Gasteiger partial charge in [-0.3, -0.25) is 4.79 Å². The van der Waals surface area contributed by atoms with Crippen molar-refractivity contribution in [3.05, 3.63) is 23.8 Å². The van der Waals surface area contributed by atoms with Crippen molar-refractivity contribution in [2.45, 2.75) is 25.8 Å². The zero-order valence-corrected chi connectivity index (χ0v) is 12.6. The van der Waals surface area contributed by atoms with Gasteiger partial charge in [0, 0.05) is 24.3 Å². The number of rotatable bonds is 4. The van der Waals surface area contributed by atoms with Gasteiger partial charge in [0.05, 0.1) is 0 Å². The Kier molecular flexibility index (Phi) is 3.39. The van der Waals surface area contributed by atoms with Crippen LogP contribution in [0.3, 0.4) is 0 Å². The first-order chi connectivity index (χ1) is 11.1. The number of aliphatic carboxylic acids is 1. The molecule has 4 atom stereocenters. The third-order valence-electron chi connectivity index (χ3n) is 5.40. The Morgan fingerprint density at radius 1 is 1.13 bits per heavy atom. The molecule has 6 nitrogen and oxygen atoms in total. The van der Waals surface area contributed by atoms with E-state index in [1.165, 1.54) is 0 Å². The van der Waals surface area contributed by atoms with Crippen molar-refractivity contribution in [3.8, 4) is 11.5 Å². The van der Waals surface area contributed by atoms with Crippen LogP contribution in [0.2, 0.25) is 0 Å². The van der Waals surface area contributed by atoms with Crippen LogP contribution < -0.4 is 19.9 Å². The van der Waals surface area contributed by atoms with E-state index in [0.717, 1.165) is 24.8 Å². The summed E-state index contributed by atoms with van der Waals surface area (Å²) in [7, 11) is 0. The van der Waals surface area contributed by atoms with Gasteiger partial charge in [-0.2, -0.15) is 0 Å². The number of amides is 1. The quantitative estimate of drug-likeness (QED) is 0.871. The van der Waals surface area contributed by atoms with E-state index >= 15 is 0 Å². The molecule has 0 aromatic heterocycles. The van der Waals surface area contributed by atoms with Crippen molar-refractivity contribution in [2.75, 3.05) is 6.79 Å². The van der Waals surface area contributed by atoms with Crippen LogP contribution in [0.1, 0.15) is 24.8 Å². The third kappa shape index (κ3) is 2.42. The van der Waals surface area contributed by atoms with Crippen molar-refractivity contribution in [2.24, 2.45) is 23.7 Å². The summed E-state index contributed by atoms with van der Waals surface area (Å²) in [5.74, 6) is -0.691. The Morgan fingerprint density at radius 3 is 2.65 bits per heavy atom. The average molecular weight is 316 g/mol. The summed E-state index contributed by atoms with van der Waals surface area (Å²) in [6, 6.07) is 5.51. The molecule has 1 amide bonds. The molecule has 1 N–H and O–H groups in total. The summed E-state index contributed by atoms with van der Waals surface area (Å²) in [5, 5.41) is 14.3. The molecule has 2 fully saturated rings. The first-order valence-corrected chi connectivity index (χ1v) is 8.00. The number of carboxylic acid groups (broad SMARTS) is 1. The molecule has 3 aliphatic rings. The second-order valence-electron chi connectivity index (χ2n) is 6.61. The van der Waals surface area contributed by atoms with Crippen LogP contribution in [0.4, 0.5) is 0 Å². The van der Waals surface area contributed by atoms with E-state index in [1.54, 1.807) is 0 Å². The maximum atomic E-state index is 12.5. The highest BCUT2D eigenvalue weighted by atomic mass is 16.7. The fraction of sp³-hybridized carbons (Fsp3) is 0.529. The first-order valence-electron chi connectivity index (χ1n) is 8.00. The number of fused-ring (bicyclic) bond motifs is 3. The summed E-state index contributed by atoms with van der Waals surface area (Å²) in [4.78, 5) is 23.9. The molecule has 1 aromatic rings. The molecule has 0 saturated heterocycles. The van der Waals surface area contributed by atoms with E-state index in [9.17, 15) is 14.7 Å². The van der Waals surface area contributed by atoms with Crippen LogP contribution in [0.25, 0.3) is 0 Å². The summed E-state index contributed by atoms with van der Waals surface area (Å²) in [5.41, 5.74) is 0.899. The van der Waals surface area contributed by atoms with Gasteiger partial charge in [-0.1, -0.05) is 6.07 Å². The monoisotopic (exact) mass is 316 g/mol. The number of carboxylic acids is 1. The molecule has 1 aliphatic heterocycles. The summed E-state index contributed by atoms with van der Waals surface area (Å²) < 4.78 is 10.6. The number of ether oxygens (including phenoxy) is 2. The van der Waals surface area contributed by atoms with Crippen LogP contribution in [0.15, 0.2) is 18.2 Å². The number of carbonyl (C=O) groups excluding carboxylic acids is 2. The molecular formula is C17H18NO5-. The van der Waals surface area contributed by atoms with E-state index in [4.69, 9.17) is 9.47 Å². The van der Waals surface area contributed by atoms with Gasteiger partial charge in [0.15, 0.2) is 11.5 Å². The van der Waals surface area contributed by atoms with Crippen LogP contribution >= 0.6 is 0 Å². The van der Waals surface area contributed by atoms with Crippen LogP contribution in [-0.4, -0.2) is 18.7 Å². The second-order valence-corrected chi connectivity index (χ2v) is 6.61. The zero-order valence-electron chi connectivity index (χ0n) is 12.6. The fourth-order valence-corrected chi connectivity index (χ4v) is 4.37. The van der Waals surface area contributed by atoms with Crippen LogP contribution in [0, 0.1) is 23.7 Å². The molecule has 2 saturated carbocycles. The van der Waals surface area contributed by atoms with Gasteiger partial charge in [-0.15, -0.1) is 0 Å². The number of nitrogens with one attached hydrogen (secondary N) is 1. The molecule has 1 aromatic carbocycles. The van der Waals surface area contributed by atoms with Crippen molar-refractivity contribution in [1.29, 1.82) is 0 Å². The van der Waals surface area contributed by atoms with Gasteiger partial charge < -0.3 is 24.7 Å². The fourth-order valence-electron chi connectivity index (χ4n) is 4.37. The van der Waals surface area contributed by atoms with Gasteiger partial charge in [0.25, 0.3) is 0 Å². The molecule has 2 bridgehead atoms. The minimum atomic E-state index is -1.08. The van der Waals surface area contributed by atoms with Crippen molar-refractivity contribution < 1.29 is 24.2 Å². The lowest BCUT2D eigenvalue weighted by atomic mass is 9.78. The second kappa shape index (κ2) is 5.44. The molecule has 6 heteroatoms. The third-order valence-corrected chi connectivity index (χ3v) is 5.40. The van der Waals surface area contributed by atoms with Gasteiger partial charge in [-0.25, -0.2) is 0 Å². The Labute approximate surface area is 133 Å². The molecular weight excluding hydrogens is 298 g/mol. The first kappa shape index (κ1) is 14.4. The summed E-state index contributed by atoms with van der Waals surface area (Å²) in [6.07, 6.45) is 2.67. The highest BCUT2D eigenvalue weighted by molar-refractivity contribution is 5.85. The Bertz CT molecular complexity index is 658. The molecule has 23 heavy (non-hydrogen) atoms. The van der Waals surface area contributed by atoms with Crippen molar-refractivity contribution in [3.63, 3.8) is 0 Å². The van der Waals surface area contributed by atoms with Gasteiger partial charge in [-0.05, 0) is 48.8 Å². The van der Waals surface area contributed by atoms with E-state index in [1.807, 2.05) is 18.2 Å². The maximum absolute atomic E-state index is 12.5. The van der Waals surface area contributed by atoms with Crippen molar-refractivity contribution in [1.82, 2.24) is 5.32 Å². The predicted molar refractivity (Wildman–Crippen MR) is 77.2 cm³/mol. The Hall–Kier alpha value is -2.24. The normalized spacial score (nSPS) is 30.4.